The molecule has 0 aliphatic carbocycles. The summed E-state index contributed by atoms with van der Waals surface area (Å²) < 4.78 is 45.1. The number of aliphatic hydroxyl groups is 1. The number of para-hydroxylation sites is 1. The highest BCUT2D eigenvalue weighted by atomic mass is 19.1. The molecule has 0 spiro atoms. The monoisotopic (exact) mass is 497 g/mol. The summed E-state index contributed by atoms with van der Waals surface area (Å²) in [6.07, 6.45) is 1.63. The molecule has 0 saturated carbocycles. The van der Waals surface area contributed by atoms with Gasteiger partial charge in [0.05, 0.1) is 23.9 Å². The molecule has 1 N–H and O–H groups in total. The highest BCUT2D eigenvalue weighted by molar-refractivity contribution is 5.87. The molecule has 0 amide bonds. The van der Waals surface area contributed by atoms with E-state index in [9.17, 15) is 18.3 Å². The molecule has 6 aromatic rings. The lowest BCUT2D eigenvalue weighted by atomic mass is 9.93. The van der Waals surface area contributed by atoms with Gasteiger partial charge in [0.15, 0.2) is 0 Å². The second-order valence-electron chi connectivity index (χ2n) is 9.15. The summed E-state index contributed by atoms with van der Waals surface area (Å²) in [5, 5.41) is 17.7. The Morgan fingerprint density at radius 2 is 1.46 bits per heavy atom. The fraction of sp³-hybridized carbons (Fsp3) is 0.100. The zero-order valence-corrected chi connectivity index (χ0v) is 19.7. The summed E-state index contributed by atoms with van der Waals surface area (Å²) in [6.45, 7) is -1.07. The lowest BCUT2D eigenvalue weighted by molar-refractivity contribution is -0.00380. The number of halogens is 3. The van der Waals surface area contributed by atoms with E-state index in [-0.39, 0.29) is 18.2 Å². The molecule has 0 fully saturated rings. The molecule has 4 nitrogen and oxygen atoms in total. The Kier molecular flexibility index (Phi) is 5.57. The van der Waals surface area contributed by atoms with E-state index in [1.165, 1.54) is 24.3 Å². The summed E-state index contributed by atoms with van der Waals surface area (Å²) in [5.74, 6) is -0.686. The zero-order valence-electron chi connectivity index (χ0n) is 19.7. The van der Waals surface area contributed by atoms with Crippen molar-refractivity contribution in [2.75, 3.05) is 6.67 Å². The Morgan fingerprint density at radius 1 is 0.757 bits per heavy atom. The minimum absolute atomic E-state index is 0.0542. The van der Waals surface area contributed by atoms with E-state index >= 15 is 0 Å². The Labute approximate surface area is 210 Å². The topological polar surface area (TPSA) is 43.0 Å². The average Bonchev–Trinajstić information content (AvgIpc) is 3.51. The van der Waals surface area contributed by atoms with Gasteiger partial charge in [-0.2, -0.15) is 5.10 Å². The van der Waals surface area contributed by atoms with Gasteiger partial charge in [0, 0.05) is 22.0 Å². The van der Waals surface area contributed by atoms with Gasteiger partial charge in [-0.15, -0.1) is 0 Å². The molecule has 6 rings (SSSR count). The van der Waals surface area contributed by atoms with Gasteiger partial charge >= 0.3 is 0 Å². The number of aromatic nitrogens is 3. The van der Waals surface area contributed by atoms with Crippen LogP contribution in [0.4, 0.5) is 13.2 Å². The van der Waals surface area contributed by atoms with Crippen LogP contribution in [0.25, 0.3) is 38.8 Å². The second kappa shape index (κ2) is 8.94. The van der Waals surface area contributed by atoms with Gasteiger partial charge in [-0.05, 0) is 83.9 Å². The molecule has 0 aliphatic heterocycles. The predicted octanol–water partition coefficient (Wildman–Crippen LogP) is 6.78. The Hall–Kier alpha value is -4.36. The summed E-state index contributed by atoms with van der Waals surface area (Å²) >= 11 is 0. The largest absolute Gasteiger partial charge is 0.381 e. The van der Waals surface area contributed by atoms with Crippen LogP contribution in [0.5, 0.6) is 0 Å². The van der Waals surface area contributed by atoms with Gasteiger partial charge < -0.3 is 9.67 Å². The van der Waals surface area contributed by atoms with Crippen molar-refractivity contribution in [2.24, 2.45) is 0 Å². The van der Waals surface area contributed by atoms with Crippen LogP contribution in [0.1, 0.15) is 5.56 Å². The molecule has 37 heavy (non-hydrogen) atoms. The molecule has 1 atom stereocenters. The van der Waals surface area contributed by atoms with Crippen LogP contribution in [0.3, 0.4) is 0 Å². The molecule has 7 heteroatoms. The molecule has 0 bridgehead atoms. The first kappa shape index (κ1) is 23.1. The predicted molar refractivity (Wildman–Crippen MR) is 138 cm³/mol. The van der Waals surface area contributed by atoms with Crippen molar-refractivity contribution in [2.45, 2.75) is 12.1 Å². The maximum absolute atomic E-state index is 14.6. The number of fused-ring (bicyclic) bond motifs is 2. The summed E-state index contributed by atoms with van der Waals surface area (Å²) in [4.78, 5) is 0. The van der Waals surface area contributed by atoms with Gasteiger partial charge in [0.1, 0.15) is 23.9 Å². The second-order valence-corrected chi connectivity index (χ2v) is 9.15. The Balaban J connectivity index is 1.43. The third kappa shape index (κ3) is 4.07. The van der Waals surface area contributed by atoms with Crippen molar-refractivity contribution in [3.8, 4) is 16.9 Å². The maximum atomic E-state index is 14.6. The van der Waals surface area contributed by atoms with Crippen LogP contribution in [0, 0.1) is 11.6 Å². The van der Waals surface area contributed by atoms with Crippen molar-refractivity contribution in [3.63, 3.8) is 0 Å². The van der Waals surface area contributed by atoms with Gasteiger partial charge in [-0.25, -0.2) is 17.9 Å². The number of hydrogen-bond acceptors (Lipinski definition) is 2. The zero-order chi connectivity index (χ0) is 25.6. The number of alkyl halides is 1. The quantitative estimate of drug-likeness (QED) is 0.276. The summed E-state index contributed by atoms with van der Waals surface area (Å²) in [6, 6.07) is 26.9. The van der Waals surface area contributed by atoms with E-state index in [0.717, 1.165) is 27.7 Å². The SMILES string of the molecule is OC(CF)(Cn1c(-c2ccc(F)cc2)cc2ccccc21)c1ccc2c(cnn2-c2ccc(F)cc2)c1. The first-order valence-electron chi connectivity index (χ1n) is 11.8. The molecule has 2 heterocycles. The van der Waals surface area contributed by atoms with E-state index in [0.29, 0.717) is 16.6 Å². The molecule has 0 radical (unpaired) electrons. The number of hydrogen-bond donors (Lipinski definition) is 1. The van der Waals surface area contributed by atoms with Crippen LogP contribution >= 0.6 is 0 Å². The molecule has 0 aliphatic rings. The molecule has 4 aromatic carbocycles. The highest BCUT2D eigenvalue weighted by Crippen LogP contribution is 2.34. The van der Waals surface area contributed by atoms with Crippen molar-refractivity contribution in [1.82, 2.24) is 14.3 Å². The lowest BCUT2D eigenvalue weighted by Crippen LogP contribution is -2.34. The third-order valence-corrected chi connectivity index (χ3v) is 6.77. The summed E-state index contributed by atoms with van der Waals surface area (Å²) in [7, 11) is 0. The molecular weight excluding hydrogens is 475 g/mol. The van der Waals surface area contributed by atoms with Crippen molar-refractivity contribution in [3.05, 3.63) is 120 Å². The van der Waals surface area contributed by atoms with Gasteiger partial charge in [0.25, 0.3) is 0 Å². The maximum Gasteiger partial charge on any atom is 0.136 e. The van der Waals surface area contributed by atoms with E-state index in [1.54, 1.807) is 53.3 Å². The van der Waals surface area contributed by atoms with Crippen molar-refractivity contribution < 1.29 is 18.3 Å². The molecule has 0 saturated heterocycles. The molecule has 184 valence electrons. The van der Waals surface area contributed by atoms with Crippen molar-refractivity contribution in [1.29, 1.82) is 0 Å². The van der Waals surface area contributed by atoms with Crippen LogP contribution in [0.2, 0.25) is 0 Å². The van der Waals surface area contributed by atoms with Crippen molar-refractivity contribution >= 4 is 21.8 Å². The number of benzene rings is 4. The van der Waals surface area contributed by atoms with Crippen LogP contribution in [0.15, 0.2) is 103 Å². The number of nitrogens with zero attached hydrogens (tertiary/aromatic N) is 3. The van der Waals surface area contributed by atoms with E-state index in [1.807, 2.05) is 34.9 Å². The lowest BCUT2D eigenvalue weighted by Gasteiger charge is -2.28. The van der Waals surface area contributed by atoms with Gasteiger partial charge in [-0.1, -0.05) is 24.3 Å². The Morgan fingerprint density at radius 3 is 2.19 bits per heavy atom. The minimum Gasteiger partial charge on any atom is -0.381 e. The Bertz CT molecular complexity index is 1720. The smallest absolute Gasteiger partial charge is 0.136 e. The van der Waals surface area contributed by atoms with E-state index in [2.05, 4.69) is 5.10 Å². The standard InChI is InChI=1S/C30H22F3N3O/c31-18-30(37,23-7-14-28-22(15-23)17-34-36(28)26-12-10-25(33)11-13-26)19-35-27-4-2-1-3-21(27)16-29(35)20-5-8-24(32)9-6-20/h1-17,37H,18-19H2. The van der Waals surface area contributed by atoms with Crippen LogP contribution < -0.4 is 0 Å². The molecular formula is C30H22F3N3O. The summed E-state index contributed by atoms with van der Waals surface area (Å²) in [5.41, 5.74) is 2.35. The molecule has 2 aromatic heterocycles. The van der Waals surface area contributed by atoms with Crippen LogP contribution in [-0.4, -0.2) is 26.1 Å². The van der Waals surface area contributed by atoms with Crippen LogP contribution in [-0.2, 0) is 12.1 Å². The normalized spacial score (nSPS) is 13.3. The average molecular weight is 498 g/mol. The van der Waals surface area contributed by atoms with E-state index in [4.69, 9.17) is 0 Å². The van der Waals surface area contributed by atoms with Gasteiger partial charge in [0.2, 0.25) is 0 Å². The third-order valence-electron chi connectivity index (χ3n) is 6.77. The minimum atomic E-state index is -1.83. The highest BCUT2D eigenvalue weighted by Gasteiger charge is 2.32. The fourth-order valence-corrected chi connectivity index (χ4v) is 4.82. The van der Waals surface area contributed by atoms with E-state index < -0.39 is 12.3 Å². The molecule has 1 unspecified atom stereocenters. The van der Waals surface area contributed by atoms with Gasteiger partial charge in [-0.3, -0.25) is 0 Å². The number of rotatable bonds is 6. The first-order valence-corrected chi connectivity index (χ1v) is 11.8. The fourth-order valence-electron chi connectivity index (χ4n) is 4.82. The first-order chi connectivity index (χ1) is 17.9.